The summed E-state index contributed by atoms with van der Waals surface area (Å²) in [4.78, 5) is 19.8. The molecule has 0 fully saturated rings. The molecule has 0 aliphatic heterocycles. The lowest BCUT2D eigenvalue weighted by molar-refractivity contribution is -0.274. The molecular formula is C21H20F3N5O3. The molecule has 0 spiro atoms. The van der Waals surface area contributed by atoms with Gasteiger partial charge in [-0.05, 0) is 56.7 Å². The van der Waals surface area contributed by atoms with Crippen molar-refractivity contribution >= 4 is 23.9 Å². The van der Waals surface area contributed by atoms with Crippen LogP contribution in [0.4, 0.5) is 23.7 Å². The van der Waals surface area contributed by atoms with Crippen molar-refractivity contribution in [3.05, 3.63) is 60.3 Å². The van der Waals surface area contributed by atoms with Crippen LogP contribution >= 0.6 is 0 Å². The maximum Gasteiger partial charge on any atom is 0.573 e. The lowest BCUT2D eigenvalue weighted by Gasteiger charge is -2.19. The average Bonchev–Trinajstić information content (AvgIpc) is 3.14. The summed E-state index contributed by atoms with van der Waals surface area (Å²) >= 11 is 0. The molecule has 0 aliphatic rings. The molecule has 8 nitrogen and oxygen atoms in total. The van der Waals surface area contributed by atoms with E-state index in [0.29, 0.717) is 11.5 Å². The molecule has 11 heteroatoms. The number of hydrogen-bond acceptors (Lipinski definition) is 6. The van der Waals surface area contributed by atoms with E-state index >= 15 is 0 Å². The van der Waals surface area contributed by atoms with E-state index in [2.05, 4.69) is 25.1 Å². The van der Waals surface area contributed by atoms with Crippen molar-refractivity contribution in [2.75, 3.05) is 5.32 Å². The first-order valence-corrected chi connectivity index (χ1v) is 9.39. The largest absolute Gasteiger partial charge is 0.573 e. The molecule has 32 heavy (non-hydrogen) atoms. The molecule has 0 saturated carbocycles. The van der Waals surface area contributed by atoms with Gasteiger partial charge in [0.25, 0.3) is 0 Å². The molecule has 0 saturated heterocycles. The number of ether oxygens (including phenoxy) is 2. The Bertz CT molecular complexity index is 1090. The average molecular weight is 447 g/mol. The van der Waals surface area contributed by atoms with E-state index in [1.54, 1.807) is 57.2 Å². The highest BCUT2D eigenvalue weighted by molar-refractivity contribution is 5.85. The number of aromatic nitrogens is 4. The predicted molar refractivity (Wildman–Crippen MR) is 111 cm³/mol. The standard InChI is InChI=1S/C21H20F3N5O3/c1-20(2,3)32-19(30)27-15-7-4-14(5-8-15)6-10-17-26-13-29(28-17)18-11-9-16(12-25-18)31-21(22,23)24/h4-13H,1-3H3,(H,27,30). The van der Waals surface area contributed by atoms with Gasteiger partial charge in [-0.2, -0.15) is 0 Å². The van der Waals surface area contributed by atoms with Gasteiger partial charge in [0.05, 0.1) is 6.20 Å². The van der Waals surface area contributed by atoms with Crippen LogP contribution in [0.2, 0.25) is 0 Å². The number of nitrogens with zero attached hydrogens (tertiary/aromatic N) is 4. The Labute approximate surface area is 181 Å². The zero-order valence-electron chi connectivity index (χ0n) is 17.4. The van der Waals surface area contributed by atoms with Gasteiger partial charge in [0.1, 0.15) is 17.7 Å². The summed E-state index contributed by atoms with van der Waals surface area (Å²) in [6, 6.07) is 9.51. The Morgan fingerprint density at radius 3 is 2.34 bits per heavy atom. The molecule has 1 N–H and O–H groups in total. The molecule has 0 radical (unpaired) electrons. The summed E-state index contributed by atoms with van der Waals surface area (Å²) < 4.78 is 47.0. The summed E-state index contributed by atoms with van der Waals surface area (Å²) in [6.45, 7) is 5.34. The maximum absolute atomic E-state index is 12.2. The van der Waals surface area contributed by atoms with Crippen molar-refractivity contribution in [1.82, 2.24) is 19.7 Å². The predicted octanol–water partition coefficient (Wildman–Crippen LogP) is 5.08. The van der Waals surface area contributed by atoms with Gasteiger partial charge >= 0.3 is 12.5 Å². The molecule has 0 unspecified atom stereocenters. The Hall–Kier alpha value is -3.89. The molecular weight excluding hydrogens is 427 g/mol. The number of nitrogens with one attached hydrogen (secondary N) is 1. The summed E-state index contributed by atoms with van der Waals surface area (Å²) in [6.07, 6.45) is 0.450. The van der Waals surface area contributed by atoms with E-state index in [1.807, 2.05) is 0 Å². The Balaban J connectivity index is 1.60. The molecule has 3 aromatic rings. The van der Waals surface area contributed by atoms with E-state index in [4.69, 9.17) is 4.74 Å². The van der Waals surface area contributed by atoms with Crippen molar-refractivity contribution in [2.24, 2.45) is 0 Å². The van der Waals surface area contributed by atoms with Crippen LogP contribution in [0.3, 0.4) is 0 Å². The van der Waals surface area contributed by atoms with Crippen LogP contribution < -0.4 is 10.1 Å². The van der Waals surface area contributed by atoms with Crippen LogP contribution in [-0.2, 0) is 4.74 Å². The molecule has 1 amide bonds. The van der Waals surface area contributed by atoms with Gasteiger partial charge in [0, 0.05) is 5.69 Å². The van der Waals surface area contributed by atoms with Crippen molar-refractivity contribution in [3.63, 3.8) is 0 Å². The normalized spacial score (nSPS) is 12.1. The van der Waals surface area contributed by atoms with Gasteiger partial charge in [-0.1, -0.05) is 18.2 Å². The fourth-order valence-corrected chi connectivity index (χ4v) is 2.43. The van der Waals surface area contributed by atoms with Gasteiger partial charge in [0.2, 0.25) is 0 Å². The van der Waals surface area contributed by atoms with Crippen LogP contribution in [0.1, 0.15) is 32.2 Å². The number of alkyl halides is 3. The van der Waals surface area contributed by atoms with Crippen LogP contribution in [0, 0.1) is 0 Å². The number of rotatable bonds is 5. The molecule has 1 aromatic carbocycles. The molecule has 0 aliphatic carbocycles. The number of carbonyl (C=O) groups excluding carboxylic acids is 1. The zero-order chi connectivity index (χ0) is 23.4. The van der Waals surface area contributed by atoms with Gasteiger partial charge in [-0.15, -0.1) is 18.3 Å². The second-order valence-electron chi connectivity index (χ2n) is 7.53. The highest BCUT2D eigenvalue weighted by atomic mass is 19.4. The minimum atomic E-state index is -4.78. The van der Waals surface area contributed by atoms with Crippen molar-refractivity contribution < 1.29 is 27.4 Å². The molecule has 3 rings (SSSR count). The first-order valence-electron chi connectivity index (χ1n) is 9.39. The second kappa shape index (κ2) is 9.08. The number of anilines is 1. The fraction of sp³-hybridized carbons (Fsp3) is 0.238. The maximum atomic E-state index is 12.2. The molecule has 168 valence electrons. The third-order valence-corrected chi connectivity index (χ3v) is 3.68. The number of amides is 1. The quantitative estimate of drug-likeness (QED) is 0.587. The van der Waals surface area contributed by atoms with E-state index < -0.39 is 23.8 Å². The lowest BCUT2D eigenvalue weighted by atomic mass is 10.2. The zero-order valence-corrected chi connectivity index (χ0v) is 17.4. The summed E-state index contributed by atoms with van der Waals surface area (Å²) in [5, 5.41) is 6.86. The number of hydrogen-bond donors (Lipinski definition) is 1. The molecule has 0 atom stereocenters. The number of halogens is 3. The minimum Gasteiger partial charge on any atom is -0.444 e. The lowest BCUT2D eigenvalue weighted by Crippen LogP contribution is -2.27. The SMILES string of the molecule is CC(C)(C)OC(=O)Nc1ccc(C=Cc2ncn(-c3ccc(OC(F)(F)F)cn3)n2)cc1. The van der Waals surface area contributed by atoms with Crippen LogP contribution in [0.25, 0.3) is 18.0 Å². The van der Waals surface area contributed by atoms with Crippen molar-refractivity contribution in [1.29, 1.82) is 0 Å². The van der Waals surface area contributed by atoms with Crippen molar-refractivity contribution in [3.8, 4) is 11.6 Å². The van der Waals surface area contributed by atoms with Gasteiger partial charge in [0.15, 0.2) is 11.6 Å². The van der Waals surface area contributed by atoms with Gasteiger partial charge in [-0.3, -0.25) is 5.32 Å². The minimum absolute atomic E-state index is 0.282. The Kier molecular flexibility index (Phi) is 6.47. The second-order valence-corrected chi connectivity index (χ2v) is 7.53. The smallest absolute Gasteiger partial charge is 0.444 e. The first kappa shape index (κ1) is 22.8. The molecule has 2 heterocycles. The van der Waals surface area contributed by atoms with E-state index in [9.17, 15) is 18.0 Å². The van der Waals surface area contributed by atoms with Gasteiger partial charge < -0.3 is 9.47 Å². The summed E-state index contributed by atoms with van der Waals surface area (Å²) in [5.74, 6) is 0.230. The number of benzene rings is 1. The molecule has 0 bridgehead atoms. The van der Waals surface area contributed by atoms with E-state index in [1.165, 1.54) is 17.1 Å². The monoisotopic (exact) mass is 447 g/mol. The highest BCUT2D eigenvalue weighted by Gasteiger charge is 2.31. The van der Waals surface area contributed by atoms with Crippen molar-refractivity contribution in [2.45, 2.75) is 32.7 Å². The Morgan fingerprint density at radius 2 is 1.75 bits per heavy atom. The summed E-state index contributed by atoms with van der Waals surface area (Å²) in [5.41, 5.74) is 0.836. The van der Waals surface area contributed by atoms with Gasteiger partial charge in [-0.25, -0.2) is 19.4 Å². The van der Waals surface area contributed by atoms with E-state index in [-0.39, 0.29) is 5.82 Å². The summed E-state index contributed by atoms with van der Waals surface area (Å²) in [7, 11) is 0. The fourth-order valence-electron chi connectivity index (χ4n) is 2.43. The van der Waals surface area contributed by atoms with Crippen LogP contribution in [-0.4, -0.2) is 37.8 Å². The van der Waals surface area contributed by atoms with Crippen LogP contribution in [0.5, 0.6) is 5.75 Å². The van der Waals surface area contributed by atoms with Crippen LogP contribution in [0.15, 0.2) is 48.9 Å². The highest BCUT2D eigenvalue weighted by Crippen LogP contribution is 2.22. The van der Waals surface area contributed by atoms with E-state index in [0.717, 1.165) is 17.8 Å². The third-order valence-electron chi connectivity index (χ3n) is 3.68. The third kappa shape index (κ3) is 7.11. The number of pyridine rings is 1. The number of carbonyl (C=O) groups is 1. The topological polar surface area (TPSA) is 91.2 Å². The first-order chi connectivity index (χ1) is 15.0. The Morgan fingerprint density at radius 1 is 1.03 bits per heavy atom. The molecule has 2 aromatic heterocycles.